The van der Waals surface area contributed by atoms with Crippen LogP contribution in [0.1, 0.15) is 20.7 Å². The Morgan fingerprint density at radius 3 is 2.12 bits per heavy atom. The Bertz CT molecular complexity index is 600. The molecule has 0 aliphatic carbocycles. The standard InChI is InChI=1S/C12H6BNO2S/c13-10-5-7(6-17-10)14-11(15)8-3-1-2-4-9(8)12(14)16/h1-6H. The van der Waals surface area contributed by atoms with Gasteiger partial charge in [0.1, 0.15) is 7.85 Å². The van der Waals surface area contributed by atoms with Crippen molar-refractivity contribution in [3.8, 4) is 0 Å². The normalized spacial score (nSPS) is 14.2. The molecule has 0 saturated carbocycles. The van der Waals surface area contributed by atoms with E-state index in [0.29, 0.717) is 21.6 Å². The minimum atomic E-state index is -0.289. The van der Waals surface area contributed by atoms with Gasteiger partial charge in [-0.25, -0.2) is 4.90 Å². The Hall–Kier alpha value is -1.88. The van der Waals surface area contributed by atoms with Gasteiger partial charge in [-0.05, 0) is 23.0 Å². The molecule has 1 aliphatic rings. The van der Waals surface area contributed by atoms with Gasteiger partial charge in [0.25, 0.3) is 11.8 Å². The van der Waals surface area contributed by atoms with Crippen LogP contribution in [-0.4, -0.2) is 19.7 Å². The Labute approximate surface area is 103 Å². The molecular weight excluding hydrogens is 233 g/mol. The average molecular weight is 239 g/mol. The summed E-state index contributed by atoms with van der Waals surface area (Å²) in [5.41, 5.74) is 1.43. The van der Waals surface area contributed by atoms with Crippen LogP contribution in [-0.2, 0) is 0 Å². The third-order valence-electron chi connectivity index (χ3n) is 2.66. The maximum absolute atomic E-state index is 12.1. The van der Waals surface area contributed by atoms with Crippen LogP contribution < -0.4 is 9.68 Å². The zero-order chi connectivity index (χ0) is 12.0. The molecule has 0 fully saturated rings. The lowest BCUT2D eigenvalue weighted by Crippen LogP contribution is -2.29. The maximum atomic E-state index is 12.1. The number of nitrogens with zero attached hydrogens (tertiary/aromatic N) is 1. The molecule has 80 valence electrons. The molecule has 2 aromatic rings. The third kappa shape index (κ3) is 1.43. The van der Waals surface area contributed by atoms with Crippen LogP contribution in [0.3, 0.4) is 0 Å². The minimum absolute atomic E-state index is 0.289. The fourth-order valence-electron chi connectivity index (χ4n) is 1.88. The Morgan fingerprint density at radius 2 is 1.65 bits per heavy atom. The van der Waals surface area contributed by atoms with Gasteiger partial charge < -0.3 is 0 Å². The highest BCUT2D eigenvalue weighted by Crippen LogP contribution is 2.28. The van der Waals surface area contributed by atoms with E-state index in [4.69, 9.17) is 7.85 Å². The van der Waals surface area contributed by atoms with Crippen molar-refractivity contribution in [3.05, 3.63) is 46.8 Å². The van der Waals surface area contributed by atoms with E-state index in [1.807, 2.05) is 0 Å². The van der Waals surface area contributed by atoms with Gasteiger partial charge in [0.05, 0.1) is 16.8 Å². The van der Waals surface area contributed by atoms with Crippen LogP contribution in [0.4, 0.5) is 5.69 Å². The fraction of sp³-hybridized carbons (Fsp3) is 0. The monoisotopic (exact) mass is 239 g/mol. The van der Waals surface area contributed by atoms with Crippen molar-refractivity contribution in [2.45, 2.75) is 0 Å². The zero-order valence-corrected chi connectivity index (χ0v) is 9.53. The highest BCUT2D eigenvalue weighted by molar-refractivity contribution is 7.18. The molecular formula is C12H6BNO2S. The second kappa shape index (κ2) is 3.57. The molecule has 2 heterocycles. The van der Waals surface area contributed by atoms with Gasteiger partial charge in [0, 0.05) is 5.38 Å². The lowest BCUT2D eigenvalue weighted by molar-refractivity contribution is 0.0926. The fourth-order valence-corrected chi connectivity index (χ4v) is 2.50. The Kier molecular flexibility index (Phi) is 2.16. The van der Waals surface area contributed by atoms with Crippen molar-refractivity contribution < 1.29 is 9.59 Å². The molecule has 0 saturated heterocycles. The van der Waals surface area contributed by atoms with Gasteiger partial charge in [-0.15, -0.1) is 0 Å². The molecule has 2 amide bonds. The third-order valence-corrected chi connectivity index (χ3v) is 3.41. The van der Waals surface area contributed by atoms with Gasteiger partial charge in [0.15, 0.2) is 0 Å². The summed E-state index contributed by atoms with van der Waals surface area (Å²) in [6.45, 7) is 0. The van der Waals surface area contributed by atoms with Crippen LogP contribution in [0, 0.1) is 0 Å². The molecule has 0 N–H and O–H groups in total. The molecule has 5 heteroatoms. The van der Waals surface area contributed by atoms with E-state index in [1.54, 1.807) is 35.7 Å². The number of hydrogen-bond acceptors (Lipinski definition) is 3. The number of benzene rings is 1. The maximum Gasteiger partial charge on any atom is 0.266 e. The second-order valence-electron chi connectivity index (χ2n) is 3.70. The SMILES string of the molecule is [B]c1cc(N2C(=O)c3ccccc3C2=O)cs1. The Balaban J connectivity index is 2.12. The summed E-state index contributed by atoms with van der Waals surface area (Å²) in [7, 11) is 5.61. The molecule has 0 spiro atoms. The first kappa shape index (κ1) is 10.3. The van der Waals surface area contributed by atoms with Crippen LogP contribution in [0.2, 0.25) is 0 Å². The molecule has 0 unspecified atom stereocenters. The number of rotatable bonds is 1. The van der Waals surface area contributed by atoms with Crippen molar-refractivity contribution in [2.24, 2.45) is 0 Å². The van der Waals surface area contributed by atoms with E-state index in [0.717, 1.165) is 4.90 Å². The van der Waals surface area contributed by atoms with E-state index in [1.165, 1.54) is 11.3 Å². The lowest BCUT2D eigenvalue weighted by Gasteiger charge is -2.10. The Morgan fingerprint density at radius 1 is 1.06 bits per heavy atom. The summed E-state index contributed by atoms with van der Waals surface area (Å²) in [5, 5.41) is 1.71. The summed E-state index contributed by atoms with van der Waals surface area (Å²) in [4.78, 5) is 25.3. The molecule has 17 heavy (non-hydrogen) atoms. The molecule has 3 rings (SSSR count). The largest absolute Gasteiger partial charge is 0.268 e. The molecule has 1 aliphatic heterocycles. The first-order valence-corrected chi connectivity index (χ1v) is 5.88. The van der Waals surface area contributed by atoms with Gasteiger partial charge in [-0.2, -0.15) is 11.3 Å². The number of carbonyl (C=O) groups excluding carboxylic acids is 2. The van der Waals surface area contributed by atoms with Crippen LogP contribution in [0.15, 0.2) is 35.7 Å². The van der Waals surface area contributed by atoms with Crippen molar-refractivity contribution in [3.63, 3.8) is 0 Å². The molecule has 2 radical (unpaired) electrons. The number of fused-ring (bicyclic) bond motifs is 1. The number of imide groups is 1. The van der Waals surface area contributed by atoms with E-state index in [-0.39, 0.29) is 11.8 Å². The van der Waals surface area contributed by atoms with Gasteiger partial charge in [0.2, 0.25) is 0 Å². The number of anilines is 1. The highest BCUT2D eigenvalue weighted by atomic mass is 32.1. The summed E-state index contributed by atoms with van der Waals surface area (Å²) in [6.07, 6.45) is 0. The van der Waals surface area contributed by atoms with E-state index < -0.39 is 0 Å². The molecule has 0 bridgehead atoms. The first-order valence-electron chi connectivity index (χ1n) is 5.00. The molecule has 1 aromatic carbocycles. The number of hydrogen-bond donors (Lipinski definition) is 0. The zero-order valence-electron chi connectivity index (χ0n) is 8.71. The minimum Gasteiger partial charge on any atom is -0.268 e. The van der Waals surface area contributed by atoms with Gasteiger partial charge >= 0.3 is 0 Å². The summed E-state index contributed by atoms with van der Waals surface area (Å²) >= 11 is 1.31. The number of thiophene rings is 1. The summed E-state index contributed by atoms with van der Waals surface area (Å²) in [6, 6.07) is 8.44. The topological polar surface area (TPSA) is 37.4 Å². The van der Waals surface area contributed by atoms with Crippen molar-refractivity contribution >= 4 is 41.5 Å². The highest BCUT2D eigenvalue weighted by Gasteiger charge is 2.36. The predicted molar refractivity (Wildman–Crippen MR) is 67.3 cm³/mol. The van der Waals surface area contributed by atoms with Gasteiger partial charge in [-0.1, -0.05) is 12.1 Å². The number of carbonyl (C=O) groups is 2. The van der Waals surface area contributed by atoms with Crippen LogP contribution in [0.5, 0.6) is 0 Å². The molecule has 0 atom stereocenters. The summed E-state index contributed by atoms with van der Waals surface area (Å²) in [5.74, 6) is -0.577. The molecule has 3 nitrogen and oxygen atoms in total. The van der Waals surface area contributed by atoms with Gasteiger partial charge in [-0.3, -0.25) is 9.59 Å². The van der Waals surface area contributed by atoms with Crippen molar-refractivity contribution in [1.29, 1.82) is 0 Å². The number of amides is 2. The summed E-state index contributed by atoms with van der Waals surface area (Å²) < 4.78 is 0.580. The quantitative estimate of drug-likeness (QED) is 0.556. The van der Waals surface area contributed by atoms with Crippen molar-refractivity contribution in [2.75, 3.05) is 4.90 Å². The van der Waals surface area contributed by atoms with Crippen molar-refractivity contribution in [1.82, 2.24) is 0 Å². The van der Waals surface area contributed by atoms with E-state index >= 15 is 0 Å². The molecule has 1 aromatic heterocycles. The smallest absolute Gasteiger partial charge is 0.266 e. The average Bonchev–Trinajstić information content (AvgIpc) is 2.84. The van der Waals surface area contributed by atoms with Crippen LogP contribution in [0.25, 0.3) is 0 Å². The van der Waals surface area contributed by atoms with Crippen LogP contribution >= 0.6 is 11.3 Å². The lowest BCUT2D eigenvalue weighted by atomic mass is 10.1. The van der Waals surface area contributed by atoms with E-state index in [9.17, 15) is 9.59 Å². The van der Waals surface area contributed by atoms with E-state index in [2.05, 4.69) is 0 Å². The second-order valence-corrected chi connectivity index (χ2v) is 4.64. The predicted octanol–water partition coefficient (Wildman–Crippen LogP) is 1.34. The first-order chi connectivity index (χ1) is 8.18.